The van der Waals surface area contributed by atoms with E-state index < -0.39 is 17.7 Å². The molecule has 1 amide bonds. The van der Waals surface area contributed by atoms with Crippen molar-refractivity contribution in [3.05, 3.63) is 120 Å². The van der Waals surface area contributed by atoms with Crippen LogP contribution < -0.4 is 18.9 Å². The third-order valence-electron chi connectivity index (χ3n) is 14.2. The van der Waals surface area contributed by atoms with E-state index in [-0.39, 0.29) is 63.4 Å². The highest BCUT2D eigenvalue weighted by atomic mass is 16.7. The summed E-state index contributed by atoms with van der Waals surface area (Å²) in [4.78, 5) is 23.7. The van der Waals surface area contributed by atoms with E-state index in [1.165, 1.54) is 38.5 Å². The summed E-state index contributed by atoms with van der Waals surface area (Å²) in [5, 5.41) is 25.1. The number of hydrogen-bond acceptors (Lipinski definition) is 10. The number of benzene rings is 3. The van der Waals surface area contributed by atoms with Crippen LogP contribution in [0.25, 0.3) is 0 Å². The Morgan fingerprint density at radius 3 is 2.28 bits per heavy atom. The van der Waals surface area contributed by atoms with Crippen molar-refractivity contribution in [3.63, 3.8) is 0 Å². The van der Waals surface area contributed by atoms with Crippen LogP contribution in [-0.2, 0) is 27.5 Å². The minimum Gasteiger partial charge on any atom is -0.490 e. The van der Waals surface area contributed by atoms with Crippen LogP contribution in [0.1, 0.15) is 139 Å². The second-order valence-corrected chi connectivity index (χ2v) is 18.9. The van der Waals surface area contributed by atoms with Crippen molar-refractivity contribution in [2.75, 3.05) is 33.2 Å². The Kier molecular flexibility index (Phi) is 19.4. The molecule has 0 saturated heterocycles. The normalized spacial score (nSPS) is 22.7. The summed E-state index contributed by atoms with van der Waals surface area (Å²) in [6, 6.07) is 21.3. The maximum absolute atomic E-state index is 15.3. The molecule has 2 heterocycles. The molecule has 2 aliphatic carbocycles. The summed E-state index contributed by atoms with van der Waals surface area (Å²) in [5.74, 6) is 0.949. The number of carbonyl (C=O) groups is 1. The van der Waals surface area contributed by atoms with Gasteiger partial charge in [0.1, 0.15) is 30.8 Å². The smallest absolute Gasteiger partial charge is 0.239 e. The lowest BCUT2D eigenvalue weighted by Crippen LogP contribution is -2.70. The number of oxime groups is 1. The standard InChI is InChI=1S/C57H76N2O9/c1-4-7-8-9-10-11-12-13-17-26-54(62)59(39-43-27-29-51-52(35-43)65-41-64-51)53-38-49(58-67-40-42-22-15-14-16-23-42)47-36-44(24-18-20-31-60)46(25-19-21-32-61)55-48-37-45(63-33-5-2)28-30-50(48)68-57(53,56(47)55)66-34-6-3/h5-6,14-16,22-23,27-30,35-37,44,46,53,55-56,60-61H,2-4,7-13,17-21,24-26,31-34,38-41H2,1H3/t44-,46+,53-,55+,56+,57+/m0/s1. The molecule has 0 bridgehead atoms. The minimum atomic E-state index is -1.38. The summed E-state index contributed by atoms with van der Waals surface area (Å²) >= 11 is 0. The highest BCUT2D eigenvalue weighted by Gasteiger charge is 2.65. The number of fused-ring (bicyclic) bond motifs is 3. The van der Waals surface area contributed by atoms with Gasteiger partial charge in [-0.2, -0.15) is 0 Å². The molecule has 2 N–H and O–H groups in total. The van der Waals surface area contributed by atoms with Crippen LogP contribution >= 0.6 is 0 Å². The van der Waals surface area contributed by atoms with E-state index in [0.29, 0.717) is 55.3 Å². The van der Waals surface area contributed by atoms with Crippen LogP contribution in [0.3, 0.4) is 0 Å². The third kappa shape index (κ3) is 12.6. The Hall–Kier alpha value is -5.10. The zero-order valence-electron chi connectivity index (χ0n) is 40.5. The fourth-order valence-corrected chi connectivity index (χ4v) is 11.0. The fourth-order valence-electron chi connectivity index (χ4n) is 11.0. The molecule has 3 aromatic rings. The molecular weight excluding hydrogens is 857 g/mol. The molecule has 0 spiro atoms. The quantitative estimate of drug-likeness (QED) is 0.0381. The Bertz CT molecular complexity index is 2140. The van der Waals surface area contributed by atoms with Crippen LogP contribution in [0.15, 0.2) is 109 Å². The van der Waals surface area contributed by atoms with Gasteiger partial charge in [-0.25, -0.2) is 0 Å². The van der Waals surface area contributed by atoms with Crippen LogP contribution in [0.4, 0.5) is 0 Å². The predicted molar refractivity (Wildman–Crippen MR) is 267 cm³/mol. The molecule has 7 rings (SSSR count). The number of allylic oxidation sites excluding steroid dienone is 1. The van der Waals surface area contributed by atoms with Gasteiger partial charge in [-0.15, -0.1) is 6.58 Å². The lowest BCUT2D eigenvalue weighted by atomic mass is 9.55. The van der Waals surface area contributed by atoms with E-state index in [0.717, 1.165) is 72.9 Å². The van der Waals surface area contributed by atoms with E-state index in [2.05, 4.69) is 32.2 Å². The lowest BCUT2D eigenvalue weighted by Gasteiger charge is -2.60. The van der Waals surface area contributed by atoms with Crippen molar-refractivity contribution in [1.29, 1.82) is 0 Å². The molecule has 2 aliphatic heterocycles. The number of hydrogen-bond donors (Lipinski definition) is 2. The van der Waals surface area contributed by atoms with Gasteiger partial charge in [0.25, 0.3) is 0 Å². The summed E-state index contributed by atoms with van der Waals surface area (Å²) < 4.78 is 32.6. The number of aliphatic hydroxyl groups excluding tert-OH is 2. The molecule has 68 heavy (non-hydrogen) atoms. The zero-order chi connectivity index (χ0) is 47.6. The first kappa shape index (κ1) is 50.8. The maximum atomic E-state index is 15.3. The zero-order valence-corrected chi connectivity index (χ0v) is 40.5. The largest absolute Gasteiger partial charge is 0.490 e. The second kappa shape index (κ2) is 26.0. The molecule has 0 radical (unpaired) electrons. The molecule has 0 unspecified atom stereocenters. The number of amides is 1. The van der Waals surface area contributed by atoms with Gasteiger partial charge in [0.15, 0.2) is 11.5 Å². The molecule has 1 saturated carbocycles. The molecule has 3 aromatic carbocycles. The number of ether oxygens (including phenoxy) is 5. The summed E-state index contributed by atoms with van der Waals surface area (Å²) in [6.45, 7) is 11.7. The molecular formula is C57H76N2O9. The van der Waals surface area contributed by atoms with E-state index >= 15 is 4.79 Å². The van der Waals surface area contributed by atoms with Crippen LogP contribution in [0.5, 0.6) is 23.0 Å². The molecule has 6 atom stereocenters. The van der Waals surface area contributed by atoms with Crippen LogP contribution in [0, 0.1) is 17.8 Å². The first-order valence-electron chi connectivity index (χ1n) is 25.6. The van der Waals surface area contributed by atoms with Gasteiger partial charge in [0, 0.05) is 44.1 Å². The number of rotatable bonds is 30. The van der Waals surface area contributed by atoms with Gasteiger partial charge < -0.3 is 43.6 Å². The van der Waals surface area contributed by atoms with Crippen molar-refractivity contribution in [2.24, 2.45) is 22.9 Å². The van der Waals surface area contributed by atoms with Gasteiger partial charge in [0.05, 0.1) is 18.2 Å². The van der Waals surface area contributed by atoms with Crippen molar-refractivity contribution in [1.82, 2.24) is 4.90 Å². The maximum Gasteiger partial charge on any atom is 0.239 e. The molecule has 1 fully saturated rings. The van der Waals surface area contributed by atoms with Crippen molar-refractivity contribution >= 4 is 11.6 Å². The molecule has 368 valence electrons. The van der Waals surface area contributed by atoms with Gasteiger partial charge in [0.2, 0.25) is 18.5 Å². The predicted octanol–water partition coefficient (Wildman–Crippen LogP) is 11.8. The Labute approximate surface area is 405 Å². The van der Waals surface area contributed by atoms with Gasteiger partial charge in [-0.3, -0.25) is 4.79 Å². The van der Waals surface area contributed by atoms with Crippen molar-refractivity contribution in [3.8, 4) is 23.0 Å². The Morgan fingerprint density at radius 2 is 1.53 bits per heavy atom. The number of nitrogens with zero attached hydrogens (tertiary/aromatic N) is 2. The molecule has 4 aliphatic rings. The van der Waals surface area contributed by atoms with Gasteiger partial charge >= 0.3 is 0 Å². The first-order valence-corrected chi connectivity index (χ1v) is 25.6. The number of aliphatic hydroxyl groups is 2. The first-order chi connectivity index (χ1) is 33.4. The number of carbonyl (C=O) groups excluding carboxylic acids is 1. The SMILES string of the molecule is C=CCOc1ccc2c(c1)[C@H]1[C@H](CCCCO)[C@@H](CCCCO)C=C3C(=NOCc4ccccc4)C[C@H](N(Cc4ccc5c(c4)OCO5)C(=O)CCCCCCCCCCC)[C@@](OCC=C)(O2)[C@H]31. The van der Waals surface area contributed by atoms with E-state index in [9.17, 15) is 10.2 Å². The summed E-state index contributed by atoms with van der Waals surface area (Å²) in [7, 11) is 0. The van der Waals surface area contributed by atoms with E-state index in [1.807, 2.05) is 65.6 Å². The third-order valence-corrected chi connectivity index (χ3v) is 14.2. The topological polar surface area (TPSA) is 129 Å². The second-order valence-electron chi connectivity index (χ2n) is 18.9. The Morgan fingerprint density at radius 1 is 0.809 bits per heavy atom. The van der Waals surface area contributed by atoms with Crippen LogP contribution in [-0.4, -0.2) is 71.8 Å². The minimum absolute atomic E-state index is 0.0190. The average Bonchev–Trinajstić information content (AvgIpc) is 3.84. The molecule has 11 heteroatoms. The fraction of sp³-hybridized carbons (Fsp3) is 0.544. The molecule has 11 nitrogen and oxygen atoms in total. The Balaban J connectivity index is 1.37. The highest BCUT2D eigenvalue weighted by Crippen LogP contribution is 2.62. The average molecular weight is 933 g/mol. The van der Waals surface area contributed by atoms with E-state index in [4.69, 9.17) is 33.7 Å². The number of unbranched alkanes of at least 4 members (excludes halogenated alkanes) is 10. The van der Waals surface area contributed by atoms with Crippen molar-refractivity contribution in [2.45, 2.75) is 147 Å². The van der Waals surface area contributed by atoms with E-state index in [1.54, 1.807) is 12.2 Å². The monoisotopic (exact) mass is 933 g/mol. The molecule has 0 aromatic heterocycles. The lowest BCUT2D eigenvalue weighted by molar-refractivity contribution is -0.258. The van der Waals surface area contributed by atoms with Gasteiger partial charge in [-0.05, 0) is 91.0 Å². The highest BCUT2D eigenvalue weighted by molar-refractivity contribution is 6.03. The van der Waals surface area contributed by atoms with Crippen molar-refractivity contribution < 1.29 is 43.5 Å². The summed E-state index contributed by atoms with van der Waals surface area (Å²) in [6.07, 6.45) is 21.6. The van der Waals surface area contributed by atoms with Crippen LogP contribution in [0.2, 0.25) is 0 Å². The summed E-state index contributed by atoms with van der Waals surface area (Å²) in [5.41, 5.74) is 4.66. The van der Waals surface area contributed by atoms with Gasteiger partial charge in [-0.1, -0.05) is 137 Å².